The molecular formula is C13H17N3O2S. The molecule has 102 valence electrons. The second kappa shape index (κ2) is 7.04. The van der Waals surface area contributed by atoms with Gasteiger partial charge in [-0.25, -0.2) is 9.97 Å². The molecule has 0 bridgehead atoms. The molecular weight excluding hydrogens is 262 g/mol. The number of aromatic nitrogens is 2. The van der Waals surface area contributed by atoms with Crippen molar-refractivity contribution >= 4 is 33.3 Å². The molecule has 0 aliphatic rings. The Morgan fingerprint density at radius 1 is 1.26 bits per heavy atom. The third-order valence-electron chi connectivity index (χ3n) is 2.87. The highest BCUT2D eigenvalue weighted by molar-refractivity contribution is 7.16. The van der Waals surface area contributed by atoms with E-state index in [-0.39, 0.29) is 6.42 Å². The zero-order valence-corrected chi connectivity index (χ0v) is 11.4. The molecule has 2 rings (SSSR count). The minimum atomic E-state index is -0.709. The number of carboxylic acid groups (broad SMARTS) is 1. The third kappa shape index (κ3) is 4.17. The van der Waals surface area contributed by atoms with E-state index in [0.29, 0.717) is 0 Å². The van der Waals surface area contributed by atoms with Crippen molar-refractivity contribution in [1.82, 2.24) is 9.97 Å². The van der Waals surface area contributed by atoms with E-state index in [1.54, 1.807) is 17.7 Å². The number of fused-ring (bicyclic) bond motifs is 1. The summed E-state index contributed by atoms with van der Waals surface area (Å²) >= 11 is 1.61. The molecule has 0 unspecified atom stereocenters. The number of nitrogens with zero attached hydrogens (tertiary/aromatic N) is 2. The van der Waals surface area contributed by atoms with Crippen LogP contribution in [0.25, 0.3) is 10.2 Å². The van der Waals surface area contributed by atoms with Crippen LogP contribution < -0.4 is 5.32 Å². The largest absolute Gasteiger partial charge is 0.481 e. The van der Waals surface area contributed by atoms with E-state index >= 15 is 0 Å². The molecule has 0 aliphatic heterocycles. The van der Waals surface area contributed by atoms with Gasteiger partial charge in [-0.3, -0.25) is 4.79 Å². The Labute approximate surface area is 115 Å². The van der Waals surface area contributed by atoms with Crippen LogP contribution in [0.3, 0.4) is 0 Å². The fourth-order valence-corrected chi connectivity index (χ4v) is 2.63. The average Bonchev–Trinajstić information content (AvgIpc) is 2.86. The van der Waals surface area contributed by atoms with Crippen molar-refractivity contribution in [2.45, 2.75) is 32.1 Å². The highest BCUT2D eigenvalue weighted by Crippen LogP contribution is 2.23. The van der Waals surface area contributed by atoms with Crippen molar-refractivity contribution < 1.29 is 9.90 Å². The number of hydrogen-bond acceptors (Lipinski definition) is 5. The van der Waals surface area contributed by atoms with Gasteiger partial charge in [0.05, 0.1) is 5.39 Å². The molecule has 0 radical (unpaired) electrons. The van der Waals surface area contributed by atoms with E-state index in [9.17, 15) is 4.79 Å². The summed E-state index contributed by atoms with van der Waals surface area (Å²) < 4.78 is 0. The monoisotopic (exact) mass is 279 g/mol. The number of rotatable bonds is 8. The first-order chi connectivity index (χ1) is 9.27. The molecule has 0 fully saturated rings. The van der Waals surface area contributed by atoms with Gasteiger partial charge in [0.15, 0.2) is 0 Å². The normalized spacial score (nSPS) is 10.7. The van der Waals surface area contributed by atoms with Crippen molar-refractivity contribution in [2.75, 3.05) is 11.9 Å². The highest BCUT2D eigenvalue weighted by atomic mass is 32.1. The maximum Gasteiger partial charge on any atom is 0.303 e. The molecule has 0 spiro atoms. The molecule has 0 aliphatic carbocycles. The Bertz CT molecular complexity index is 541. The summed E-state index contributed by atoms with van der Waals surface area (Å²) in [4.78, 5) is 19.8. The molecule has 5 nitrogen and oxygen atoms in total. The summed E-state index contributed by atoms with van der Waals surface area (Å²) in [6.07, 6.45) is 5.64. The van der Waals surface area contributed by atoms with Crippen molar-refractivity contribution in [2.24, 2.45) is 0 Å². The Morgan fingerprint density at radius 3 is 2.95 bits per heavy atom. The summed E-state index contributed by atoms with van der Waals surface area (Å²) in [5.41, 5.74) is 0. The molecule has 2 heterocycles. The number of thiophene rings is 1. The molecule has 6 heteroatoms. The molecule has 0 saturated carbocycles. The zero-order chi connectivity index (χ0) is 13.5. The molecule has 2 N–H and O–H groups in total. The number of carbonyl (C=O) groups is 1. The van der Waals surface area contributed by atoms with Gasteiger partial charge in [0, 0.05) is 13.0 Å². The Kier molecular flexibility index (Phi) is 5.09. The standard InChI is InChI=1S/C13H17N3O2S/c17-11(18)5-3-1-2-4-7-14-12-10-6-8-19-13(10)16-9-15-12/h6,8-9H,1-5,7H2,(H,17,18)(H,14,15,16). The van der Waals surface area contributed by atoms with Crippen LogP contribution in [0.5, 0.6) is 0 Å². The van der Waals surface area contributed by atoms with E-state index in [0.717, 1.165) is 48.3 Å². The fourth-order valence-electron chi connectivity index (χ4n) is 1.89. The third-order valence-corrected chi connectivity index (χ3v) is 3.69. The van der Waals surface area contributed by atoms with E-state index in [2.05, 4.69) is 15.3 Å². The Balaban J connectivity index is 1.68. The quantitative estimate of drug-likeness (QED) is 0.726. The van der Waals surface area contributed by atoms with Crippen LogP contribution in [0.4, 0.5) is 5.82 Å². The van der Waals surface area contributed by atoms with Gasteiger partial charge in [-0.1, -0.05) is 12.8 Å². The van der Waals surface area contributed by atoms with Crippen LogP contribution in [0, 0.1) is 0 Å². The number of aliphatic carboxylic acids is 1. The lowest BCUT2D eigenvalue weighted by atomic mass is 10.1. The fraction of sp³-hybridized carbons (Fsp3) is 0.462. The van der Waals surface area contributed by atoms with E-state index < -0.39 is 5.97 Å². The van der Waals surface area contributed by atoms with Crippen molar-refractivity contribution in [3.8, 4) is 0 Å². The van der Waals surface area contributed by atoms with Crippen LogP contribution in [0.1, 0.15) is 32.1 Å². The van der Waals surface area contributed by atoms with Gasteiger partial charge in [0.25, 0.3) is 0 Å². The van der Waals surface area contributed by atoms with Crippen molar-refractivity contribution in [1.29, 1.82) is 0 Å². The summed E-state index contributed by atoms with van der Waals surface area (Å²) in [5.74, 6) is 0.177. The highest BCUT2D eigenvalue weighted by Gasteiger charge is 2.03. The van der Waals surface area contributed by atoms with Gasteiger partial charge in [0.1, 0.15) is 17.0 Å². The number of carboxylic acids is 1. The molecule has 19 heavy (non-hydrogen) atoms. The van der Waals surface area contributed by atoms with Gasteiger partial charge in [-0.05, 0) is 24.3 Å². The summed E-state index contributed by atoms with van der Waals surface area (Å²) in [5, 5.41) is 14.9. The van der Waals surface area contributed by atoms with Crippen LogP contribution in [0.2, 0.25) is 0 Å². The van der Waals surface area contributed by atoms with Crippen molar-refractivity contribution in [3.63, 3.8) is 0 Å². The maximum absolute atomic E-state index is 10.3. The average molecular weight is 279 g/mol. The van der Waals surface area contributed by atoms with Crippen LogP contribution in [0.15, 0.2) is 17.8 Å². The van der Waals surface area contributed by atoms with Gasteiger partial charge in [0.2, 0.25) is 0 Å². The van der Waals surface area contributed by atoms with Crippen molar-refractivity contribution in [3.05, 3.63) is 17.8 Å². The van der Waals surface area contributed by atoms with Gasteiger partial charge < -0.3 is 10.4 Å². The van der Waals surface area contributed by atoms with E-state index in [1.165, 1.54) is 0 Å². The van der Waals surface area contributed by atoms with Crippen LogP contribution >= 0.6 is 11.3 Å². The minimum absolute atomic E-state index is 0.273. The lowest BCUT2D eigenvalue weighted by molar-refractivity contribution is -0.137. The number of unbranched alkanes of at least 4 members (excludes halogenated alkanes) is 3. The number of nitrogens with one attached hydrogen (secondary N) is 1. The maximum atomic E-state index is 10.3. The van der Waals surface area contributed by atoms with E-state index in [4.69, 9.17) is 5.11 Å². The SMILES string of the molecule is O=C(O)CCCCCCNc1ncnc2sccc12. The predicted octanol–water partition coefficient (Wildman–Crippen LogP) is 3.14. The molecule has 0 aromatic carbocycles. The first-order valence-electron chi connectivity index (χ1n) is 6.41. The number of anilines is 1. The second-order valence-corrected chi connectivity index (χ2v) is 5.24. The zero-order valence-electron chi connectivity index (χ0n) is 10.6. The molecule has 0 saturated heterocycles. The topological polar surface area (TPSA) is 75.1 Å². The lowest BCUT2D eigenvalue weighted by Crippen LogP contribution is -2.04. The summed E-state index contributed by atoms with van der Waals surface area (Å²) in [6, 6.07) is 2.02. The first kappa shape index (κ1) is 13.7. The predicted molar refractivity (Wildman–Crippen MR) is 76.6 cm³/mol. The summed E-state index contributed by atoms with van der Waals surface area (Å²) in [6.45, 7) is 0.856. The summed E-state index contributed by atoms with van der Waals surface area (Å²) in [7, 11) is 0. The van der Waals surface area contributed by atoms with Crippen LogP contribution in [-0.2, 0) is 4.79 Å². The number of hydrogen-bond donors (Lipinski definition) is 2. The Morgan fingerprint density at radius 2 is 2.11 bits per heavy atom. The second-order valence-electron chi connectivity index (χ2n) is 4.35. The first-order valence-corrected chi connectivity index (χ1v) is 7.29. The lowest BCUT2D eigenvalue weighted by Gasteiger charge is -2.05. The van der Waals surface area contributed by atoms with E-state index in [1.807, 2.05) is 11.4 Å². The molecule has 2 aromatic heterocycles. The van der Waals surface area contributed by atoms with Gasteiger partial charge in [-0.15, -0.1) is 11.3 Å². The minimum Gasteiger partial charge on any atom is -0.481 e. The molecule has 2 aromatic rings. The molecule has 0 atom stereocenters. The molecule has 0 amide bonds. The van der Waals surface area contributed by atoms with Crippen LogP contribution in [-0.4, -0.2) is 27.6 Å². The van der Waals surface area contributed by atoms with Gasteiger partial charge in [-0.2, -0.15) is 0 Å². The van der Waals surface area contributed by atoms with Gasteiger partial charge >= 0.3 is 5.97 Å². The smallest absolute Gasteiger partial charge is 0.303 e. The Hall–Kier alpha value is -1.69.